The van der Waals surface area contributed by atoms with E-state index in [-0.39, 0.29) is 0 Å². The van der Waals surface area contributed by atoms with Crippen LogP contribution in [0.5, 0.6) is 0 Å². The summed E-state index contributed by atoms with van der Waals surface area (Å²) in [5.41, 5.74) is 5.09. The van der Waals surface area contributed by atoms with E-state index in [4.69, 9.17) is 5.26 Å². The van der Waals surface area contributed by atoms with E-state index in [9.17, 15) is 0 Å². The predicted octanol–water partition coefficient (Wildman–Crippen LogP) is 3.71. The van der Waals surface area contributed by atoms with Crippen LogP contribution in [-0.4, -0.2) is 19.6 Å². The third-order valence-electron chi connectivity index (χ3n) is 4.21. The monoisotopic (exact) mass is 339 g/mol. The minimum atomic E-state index is 0.667. The summed E-state index contributed by atoms with van der Waals surface area (Å²) >= 11 is 0. The van der Waals surface area contributed by atoms with Crippen LogP contribution in [0.25, 0.3) is 11.1 Å². The third-order valence-corrected chi connectivity index (χ3v) is 4.21. The zero-order chi connectivity index (χ0) is 17.8. The quantitative estimate of drug-likeness (QED) is 0.557. The van der Waals surface area contributed by atoms with E-state index in [0.29, 0.717) is 12.1 Å². The van der Waals surface area contributed by atoms with Gasteiger partial charge in [0, 0.05) is 23.5 Å². The molecule has 0 aliphatic rings. The molecule has 2 heterocycles. The number of hydrogen-bond donors (Lipinski definition) is 0. The van der Waals surface area contributed by atoms with E-state index >= 15 is 0 Å². The van der Waals surface area contributed by atoms with Gasteiger partial charge in [0.15, 0.2) is 0 Å². The van der Waals surface area contributed by atoms with Crippen LogP contribution in [0.15, 0.2) is 79.4 Å². The van der Waals surface area contributed by atoms with Crippen molar-refractivity contribution in [3.05, 3.63) is 96.1 Å². The highest BCUT2D eigenvalue weighted by molar-refractivity contribution is 5.59. The molecular weight excluding hydrogens is 322 g/mol. The average molecular weight is 339 g/mol. The van der Waals surface area contributed by atoms with Gasteiger partial charge in [0.05, 0.1) is 37.1 Å². The fraction of sp³-hybridized carbons (Fsp3) is 0.0952. The first-order valence-corrected chi connectivity index (χ1v) is 8.38. The van der Waals surface area contributed by atoms with Crippen LogP contribution in [0.4, 0.5) is 0 Å². The topological polar surface area (TPSA) is 59.4 Å². The highest BCUT2D eigenvalue weighted by Gasteiger charge is 2.06. The molecule has 0 spiro atoms. The molecule has 0 atom stereocenters. The summed E-state index contributed by atoms with van der Waals surface area (Å²) < 4.78 is 3.83. The first-order chi connectivity index (χ1) is 12.8. The van der Waals surface area contributed by atoms with Crippen molar-refractivity contribution < 1.29 is 0 Å². The molecule has 2 aromatic heterocycles. The Morgan fingerprint density at radius 1 is 0.731 bits per heavy atom. The van der Waals surface area contributed by atoms with Crippen molar-refractivity contribution in [2.24, 2.45) is 0 Å². The largest absolute Gasteiger partial charge is 0.268 e. The van der Waals surface area contributed by atoms with Crippen LogP contribution in [0.1, 0.15) is 16.7 Å². The third kappa shape index (κ3) is 3.55. The molecule has 5 heteroatoms. The van der Waals surface area contributed by atoms with E-state index in [1.165, 1.54) is 5.56 Å². The maximum atomic E-state index is 8.87. The second-order valence-electron chi connectivity index (χ2n) is 6.15. The van der Waals surface area contributed by atoms with Gasteiger partial charge in [0.2, 0.25) is 0 Å². The lowest BCUT2D eigenvalue weighted by atomic mass is 10.1. The molecule has 4 aromatic rings. The number of nitrogens with zero attached hydrogens (tertiary/aromatic N) is 5. The molecule has 126 valence electrons. The van der Waals surface area contributed by atoms with E-state index < -0.39 is 0 Å². The molecule has 0 aliphatic carbocycles. The number of aromatic nitrogens is 4. The number of rotatable bonds is 5. The van der Waals surface area contributed by atoms with Crippen molar-refractivity contribution in [2.45, 2.75) is 13.1 Å². The number of nitriles is 1. The average Bonchev–Trinajstić information content (AvgIpc) is 3.33. The van der Waals surface area contributed by atoms with Crippen LogP contribution in [0, 0.1) is 11.3 Å². The van der Waals surface area contributed by atoms with Crippen molar-refractivity contribution in [1.82, 2.24) is 19.6 Å². The predicted molar refractivity (Wildman–Crippen MR) is 99.3 cm³/mol. The summed E-state index contributed by atoms with van der Waals surface area (Å²) in [6.45, 7) is 1.42. The lowest BCUT2D eigenvalue weighted by Gasteiger charge is -2.01. The lowest BCUT2D eigenvalue weighted by molar-refractivity contribution is 0.686. The summed E-state index contributed by atoms with van der Waals surface area (Å²) in [5.74, 6) is 0. The van der Waals surface area contributed by atoms with Crippen molar-refractivity contribution in [3.8, 4) is 17.2 Å². The second kappa shape index (κ2) is 7.08. The van der Waals surface area contributed by atoms with E-state index in [1.54, 1.807) is 0 Å². The van der Waals surface area contributed by atoms with Gasteiger partial charge in [0.25, 0.3) is 0 Å². The standard InChI is InChI=1S/C21H17N5/c22-10-17-6-8-19(9-7-17)14-26-16-21(12-24-26)20-11-23-25(15-20)13-18-4-2-1-3-5-18/h1-9,11-12,15-16H,13-14H2. The molecule has 0 radical (unpaired) electrons. The van der Waals surface area contributed by atoms with E-state index in [2.05, 4.69) is 28.4 Å². The fourth-order valence-electron chi connectivity index (χ4n) is 2.84. The molecule has 0 aliphatic heterocycles. The second-order valence-corrected chi connectivity index (χ2v) is 6.15. The van der Waals surface area contributed by atoms with Gasteiger partial charge < -0.3 is 0 Å². The summed E-state index contributed by atoms with van der Waals surface area (Å²) in [5, 5.41) is 17.8. The Bertz CT molecular complexity index is 1040. The van der Waals surface area contributed by atoms with E-state index in [1.807, 2.05) is 76.6 Å². The minimum Gasteiger partial charge on any atom is -0.268 e. The van der Waals surface area contributed by atoms with E-state index in [0.717, 1.165) is 23.2 Å². The molecule has 0 saturated carbocycles. The lowest BCUT2D eigenvalue weighted by Crippen LogP contribution is -1.99. The maximum absolute atomic E-state index is 8.87. The zero-order valence-corrected chi connectivity index (χ0v) is 14.2. The van der Waals surface area contributed by atoms with Crippen molar-refractivity contribution in [3.63, 3.8) is 0 Å². The van der Waals surface area contributed by atoms with Gasteiger partial charge in [-0.2, -0.15) is 15.5 Å². The Labute approximate surface area is 151 Å². The summed E-state index contributed by atoms with van der Waals surface area (Å²) in [6.07, 6.45) is 7.78. The van der Waals surface area contributed by atoms with Crippen LogP contribution in [-0.2, 0) is 13.1 Å². The van der Waals surface area contributed by atoms with Gasteiger partial charge in [-0.25, -0.2) is 0 Å². The highest BCUT2D eigenvalue weighted by atomic mass is 15.3. The van der Waals surface area contributed by atoms with Gasteiger partial charge in [-0.1, -0.05) is 42.5 Å². The molecule has 26 heavy (non-hydrogen) atoms. The molecule has 0 N–H and O–H groups in total. The van der Waals surface area contributed by atoms with Crippen LogP contribution < -0.4 is 0 Å². The zero-order valence-electron chi connectivity index (χ0n) is 14.2. The summed E-state index contributed by atoms with van der Waals surface area (Å²) in [4.78, 5) is 0. The molecule has 0 saturated heterocycles. The Balaban J connectivity index is 1.47. The van der Waals surface area contributed by atoms with Crippen LogP contribution in [0.2, 0.25) is 0 Å². The molecule has 2 aromatic carbocycles. The van der Waals surface area contributed by atoms with Crippen molar-refractivity contribution >= 4 is 0 Å². The molecule has 5 nitrogen and oxygen atoms in total. The number of hydrogen-bond acceptors (Lipinski definition) is 3. The van der Waals surface area contributed by atoms with Gasteiger partial charge in [0.1, 0.15) is 0 Å². The first kappa shape index (κ1) is 15.9. The molecule has 0 unspecified atom stereocenters. The molecule has 0 fully saturated rings. The fourth-order valence-corrected chi connectivity index (χ4v) is 2.84. The normalized spacial score (nSPS) is 10.6. The SMILES string of the molecule is N#Cc1ccc(Cn2cc(-c3cnn(Cc4ccccc4)c3)cn2)cc1. The summed E-state index contributed by atoms with van der Waals surface area (Å²) in [6, 6.07) is 20.0. The Hall–Kier alpha value is -3.65. The van der Waals surface area contributed by atoms with Gasteiger partial charge in [-0.3, -0.25) is 9.36 Å². The van der Waals surface area contributed by atoms with Crippen LogP contribution in [0.3, 0.4) is 0 Å². The smallest absolute Gasteiger partial charge is 0.0991 e. The molecule has 0 amide bonds. The molecule has 4 rings (SSSR count). The van der Waals surface area contributed by atoms with Gasteiger partial charge in [-0.05, 0) is 23.3 Å². The van der Waals surface area contributed by atoms with Gasteiger partial charge >= 0.3 is 0 Å². The minimum absolute atomic E-state index is 0.667. The highest BCUT2D eigenvalue weighted by Crippen LogP contribution is 2.18. The van der Waals surface area contributed by atoms with Crippen molar-refractivity contribution in [1.29, 1.82) is 5.26 Å². The van der Waals surface area contributed by atoms with Crippen molar-refractivity contribution in [2.75, 3.05) is 0 Å². The number of benzene rings is 2. The Morgan fingerprint density at radius 3 is 1.81 bits per heavy atom. The van der Waals surface area contributed by atoms with Crippen LogP contribution >= 0.6 is 0 Å². The molecule has 0 bridgehead atoms. The maximum Gasteiger partial charge on any atom is 0.0991 e. The Kier molecular flexibility index (Phi) is 4.31. The first-order valence-electron chi connectivity index (χ1n) is 8.38. The van der Waals surface area contributed by atoms with Gasteiger partial charge in [-0.15, -0.1) is 0 Å². The summed E-state index contributed by atoms with van der Waals surface area (Å²) in [7, 11) is 0. The Morgan fingerprint density at radius 2 is 1.27 bits per heavy atom. The molecular formula is C21H17N5.